The number of nitrogens with two attached hydrogens (primary N) is 1. The number of likely N-dealkylation sites (N-methyl/N-ethyl adjacent to an activating group) is 1. The Morgan fingerprint density at radius 1 is 1.32 bits per heavy atom. The van der Waals surface area contributed by atoms with Crippen LogP contribution < -0.4 is 5.73 Å². The SMILES string of the molecule is Cc1cccc(C)c1C(CN)N1CCC(N(C)C)C1. The van der Waals surface area contributed by atoms with Crippen LogP contribution in [0.1, 0.15) is 29.2 Å². The molecule has 1 heterocycles. The van der Waals surface area contributed by atoms with E-state index in [1.54, 1.807) is 0 Å². The number of aryl methyl sites for hydroxylation is 2. The van der Waals surface area contributed by atoms with E-state index >= 15 is 0 Å². The summed E-state index contributed by atoms with van der Waals surface area (Å²) in [5.41, 5.74) is 10.3. The van der Waals surface area contributed by atoms with Crippen LogP contribution in [0.3, 0.4) is 0 Å². The molecule has 2 N–H and O–H groups in total. The minimum absolute atomic E-state index is 0.367. The topological polar surface area (TPSA) is 32.5 Å². The van der Waals surface area contributed by atoms with Gasteiger partial charge in [-0.2, -0.15) is 0 Å². The van der Waals surface area contributed by atoms with Crippen LogP contribution in [-0.2, 0) is 0 Å². The predicted octanol–water partition coefficient (Wildman–Crippen LogP) is 1.94. The first-order valence-electron chi connectivity index (χ1n) is 7.21. The zero-order chi connectivity index (χ0) is 14.0. The molecule has 0 bridgehead atoms. The van der Waals surface area contributed by atoms with Crippen LogP contribution in [0, 0.1) is 13.8 Å². The molecule has 2 unspecified atom stereocenters. The van der Waals surface area contributed by atoms with Gasteiger partial charge in [-0.25, -0.2) is 0 Å². The van der Waals surface area contributed by atoms with Gasteiger partial charge in [-0.05, 0) is 51.1 Å². The Balaban J connectivity index is 2.22. The Kier molecular flexibility index (Phi) is 4.61. The van der Waals surface area contributed by atoms with Crippen LogP contribution in [0.5, 0.6) is 0 Å². The number of benzene rings is 1. The monoisotopic (exact) mass is 261 g/mol. The van der Waals surface area contributed by atoms with Crippen LogP contribution in [0.4, 0.5) is 0 Å². The van der Waals surface area contributed by atoms with Crippen LogP contribution in [0.2, 0.25) is 0 Å². The second kappa shape index (κ2) is 6.04. The van der Waals surface area contributed by atoms with Crippen molar-refractivity contribution in [2.75, 3.05) is 33.7 Å². The molecule has 1 saturated heterocycles. The van der Waals surface area contributed by atoms with E-state index in [1.165, 1.54) is 23.1 Å². The van der Waals surface area contributed by atoms with Crippen molar-refractivity contribution in [1.82, 2.24) is 9.80 Å². The van der Waals surface area contributed by atoms with E-state index in [-0.39, 0.29) is 0 Å². The number of hydrogen-bond donors (Lipinski definition) is 1. The van der Waals surface area contributed by atoms with Gasteiger partial charge in [0.2, 0.25) is 0 Å². The van der Waals surface area contributed by atoms with Gasteiger partial charge in [0.15, 0.2) is 0 Å². The molecular formula is C16H27N3. The first kappa shape index (κ1) is 14.5. The Bertz CT molecular complexity index is 408. The van der Waals surface area contributed by atoms with Crippen molar-refractivity contribution >= 4 is 0 Å². The molecule has 1 aromatic carbocycles. The number of nitrogens with zero attached hydrogens (tertiary/aromatic N) is 2. The molecule has 1 aromatic rings. The molecule has 1 aliphatic heterocycles. The molecule has 1 aliphatic rings. The predicted molar refractivity (Wildman–Crippen MR) is 81.4 cm³/mol. The Hall–Kier alpha value is -0.900. The fraction of sp³-hybridized carbons (Fsp3) is 0.625. The highest BCUT2D eigenvalue weighted by molar-refractivity contribution is 5.36. The van der Waals surface area contributed by atoms with Crippen molar-refractivity contribution in [3.8, 4) is 0 Å². The fourth-order valence-electron chi connectivity index (χ4n) is 3.28. The van der Waals surface area contributed by atoms with Gasteiger partial charge in [0, 0.05) is 31.7 Å². The van der Waals surface area contributed by atoms with Gasteiger partial charge < -0.3 is 10.6 Å². The maximum atomic E-state index is 6.09. The van der Waals surface area contributed by atoms with Gasteiger partial charge in [0.25, 0.3) is 0 Å². The van der Waals surface area contributed by atoms with E-state index in [2.05, 4.69) is 55.9 Å². The molecule has 0 aromatic heterocycles. The van der Waals surface area contributed by atoms with Gasteiger partial charge in [0.05, 0.1) is 0 Å². The lowest BCUT2D eigenvalue weighted by molar-refractivity contribution is 0.219. The van der Waals surface area contributed by atoms with Crippen molar-refractivity contribution in [1.29, 1.82) is 0 Å². The quantitative estimate of drug-likeness (QED) is 0.899. The first-order valence-corrected chi connectivity index (χ1v) is 7.21. The van der Waals surface area contributed by atoms with Crippen LogP contribution >= 0.6 is 0 Å². The van der Waals surface area contributed by atoms with Crippen LogP contribution in [-0.4, -0.2) is 49.6 Å². The molecule has 19 heavy (non-hydrogen) atoms. The van der Waals surface area contributed by atoms with Crippen LogP contribution in [0.15, 0.2) is 18.2 Å². The first-order chi connectivity index (χ1) is 9.04. The zero-order valence-corrected chi connectivity index (χ0v) is 12.7. The summed E-state index contributed by atoms with van der Waals surface area (Å²) >= 11 is 0. The highest BCUT2D eigenvalue weighted by Crippen LogP contribution is 2.29. The van der Waals surface area contributed by atoms with E-state index in [1.807, 2.05) is 0 Å². The normalized spacial score (nSPS) is 22.1. The lowest BCUT2D eigenvalue weighted by atomic mass is 9.95. The standard InChI is InChI=1S/C16H27N3/c1-12-6-5-7-13(2)16(12)15(10-17)19-9-8-14(11-19)18(3)4/h5-7,14-15H,8-11,17H2,1-4H3. The number of rotatable bonds is 4. The van der Waals surface area contributed by atoms with Gasteiger partial charge in [-0.15, -0.1) is 0 Å². The summed E-state index contributed by atoms with van der Waals surface area (Å²) in [6, 6.07) is 7.56. The summed E-state index contributed by atoms with van der Waals surface area (Å²) in [5, 5.41) is 0. The highest BCUT2D eigenvalue weighted by Gasteiger charge is 2.30. The van der Waals surface area contributed by atoms with Crippen molar-refractivity contribution in [2.45, 2.75) is 32.4 Å². The molecule has 3 heteroatoms. The third-order valence-electron chi connectivity index (χ3n) is 4.46. The molecule has 106 valence electrons. The van der Waals surface area contributed by atoms with Gasteiger partial charge in [-0.1, -0.05) is 18.2 Å². The Labute approximate surface area is 117 Å². The second-order valence-corrected chi connectivity index (χ2v) is 5.96. The molecule has 2 atom stereocenters. The Morgan fingerprint density at radius 2 is 1.95 bits per heavy atom. The van der Waals surface area contributed by atoms with E-state index in [9.17, 15) is 0 Å². The summed E-state index contributed by atoms with van der Waals surface area (Å²) < 4.78 is 0. The third-order valence-corrected chi connectivity index (χ3v) is 4.46. The minimum Gasteiger partial charge on any atom is -0.329 e. The second-order valence-electron chi connectivity index (χ2n) is 5.96. The lowest BCUT2D eigenvalue weighted by Gasteiger charge is -2.30. The van der Waals surface area contributed by atoms with Gasteiger partial charge in [-0.3, -0.25) is 4.90 Å². The molecule has 0 saturated carbocycles. The maximum absolute atomic E-state index is 6.09. The van der Waals surface area contributed by atoms with Crippen molar-refractivity contribution in [3.63, 3.8) is 0 Å². The summed E-state index contributed by atoms with van der Waals surface area (Å²) in [6.45, 7) is 7.38. The molecule has 0 aliphatic carbocycles. The Morgan fingerprint density at radius 3 is 2.42 bits per heavy atom. The molecule has 1 fully saturated rings. The average Bonchev–Trinajstić information content (AvgIpc) is 2.83. The largest absolute Gasteiger partial charge is 0.329 e. The minimum atomic E-state index is 0.367. The third kappa shape index (κ3) is 2.99. The fourth-order valence-corrected chi connectivity index (χ4v) is 3.28. The zero-order valence-electron chi connectivity index (χ0n) is 12.7. The molecule has 2 rings (SSSR count). The number of likely N-dealkylation sites (tertiary alicyclic amines) is 1. The van der Waals surface area contributed by atoms with Crippen LogP contribution in [0.25, 0.3) is 0 Å². The number of hydrogen-bond acceptors (Lipinski definition) is 3. The van der Waals surface area contributed by atoms with E-state index in [0.29, 0.717) is 18.6 Å². The van der Waals surface area contributed by atoms with Gasteiger partial charge in [0.1, 0.15) is 0 Å². The molecule has 0 spiro atoms. The van der Waals surface area contributed by atoms with Crippen molar-refractivity contribution in [2.24, 2.45) is 5.73 Å². The summed E-state index contributed by atoms with van der Waals surface area (Å²) in [5.74, 6) is 0. The summed E-state index contributed by atoms with van der Waals surface area (Å²) in [4.78, 5) is 4.89. The van der Waals surface area contributed by atoms with E-state index < -0.39 is 0 Å². The summed E-state index contributed by atoms with van der Waals surface area (Å²) in [7, 11) is 4.34. The van der Waals surface area contributed by atoms with E-state index in [4.69, 9.17) is 5.73 Å². The molecule has 0 radical (unpaired) electrons. The highest BCUT2D eigenvalue weighted by atomic mass is 15.3. The van der Waals surface area contributed by atoms with Crippen molar-refractivity contribution in [3.05, 3.63) is 34.9 Å². The molecule has 0 amide bonds. The van der Waals surface area contributed by atoms with E-state index in [0.717, 1.165) is 13.1 Å². The smallest absolute Gasteiger partial charge is 0.0476 e. The van der Waals surface area contributed by atoms with Gasteiger partial charge >= 0.3 is 0 Å². The average molecular weight is 261 g/mol. The molecule has 3 nitrogen and oxygen atoms in total. The maximum Gasteiger partial charge on any atom is 0.0476 e. The summed E-state index contributed by atoms with van der Waals surface area (Å²) in [6.07, 6.45) is 1.24. The van der Waals surface area contributed by atoms with Crippen molar-refractivity contribution < 1.29 is 0 Å². The lowest BCUT2D eigenvalue weighted by Crippen LogP contribution is -2.36. The molecular weight excluding hydrogens is 234 g/mol.